The molecule has 2 N–H and O–H groups in total. The summed E-state index contributed by atoms with van der Waals surface area (Å²) in [7, 11) is 1.72. The standard InChI is InChI=1S/C21H25N5O2/c1-3-4-7-19(22)25-16-8-10-18(11-9-16)28-21-20(23-12-13-24-21)26-14-5-6-17(26)15-27-2/h3-4,7-13,17H,1,5-6,14-15H2,2H3,(H2,22,25)/b7-4-/t17-/m0/s1. The van der Waals surface area contributed by atoms with Crippen LogP contribution in [0.2, 0.25) is 0 Å². The SMILES string of the molecule is C=C/C=C\C(=N)Nc1ccc(Oc2nccnc2N2CCC[C@H]2COC)cc1. The van der Waals surface area contributed by atoms with Crippen LogP contribution in [-0.2, 0) is 4.74 Å². The zero-order valence-corrected chi connectivity index (χ0v) is 16.0. The van der Waals surface area contributed by atoms with Gasteiger partial charge in [0, 0.05) is 31.7 Å². The average Bonchev–Trinajstić information content (AvgIpc) is 3.17. The van der Waals surface area contributed by atoms with Gasteiger partial charge in [-0.1, -0.05) is 18.7 Å². The number of ether oxygens (including phenoxy) is 2. The third-order valence-corrected chi connectivity index (χ3v) is 4.40. The molecule has 0 aliphatic carbocycles. The number of benzene rings is 1. The van der Waals surface area contributed by atoms with Crippen LogP contribution in [0.25, 0.3) is 0 Å². The van der Waals surface area contributed by atoms with Crippen molar-refractivity contribution in [2.75, 3.05) is 30.5 Å². The quantitative estimate of drug-likeness (QED) is 0.410. The van der Waals surface area contributed by atoms with Crippen LogP contribution < -0.4 is 15.0 Å². The second-order valence-corrected chi connectivity index (χ2v) is 6.39. The van der Waals surface area contributed by atoms with Gasteiger partial charge in [0.1, 0.15) is 11.6 Å². The summed E-state index contributed by atoms with van der Waals surface area (Å²) in [5.41, 5.74) is 0.796. The molecule has 0 unspecified atom stereocenters. The van der Waals surface area contributed by atoms with E-state index in [2.05, 4.69) is 26.8 Å². The number of methoxy groups -OCH3 is 1. The molecule has 0 radical (unpaired) electrons. The first-order valence-corrected chi connectivity index (χ1v) is 9.20. The molecule has 2 heterocycles. The Balaban J connectivity index is 1.71. The number of aromatic nitrogens is 2. The fourth-order valence-corrected chi connectivity index (χ4v) is 3.15. The van der Waals surface area contributed by atoms with Crippen molar-refractivity contribution in [1.82, 2.24) is 9.97 Å². The van der Waals surface area contributed by atoms with Crippen LogP contribution in [0.1, 0.15) is 12.8 Å². The van der Waals surface area contributed by atoms with E-state index >= 15 is 0 Å². The van der Waals surface area contributed by atoms with Crippen molar-refractivity contribution in [2.45, 2.75) is 18.9 Å². The van der Waals surface area contributed by atoms with Crippen LogP contribution in [0.15, 0.2) is 61.5 Å². The zero-order valence-electron chi connectivity index (χ0n) is 16.0. The third kappa shape index (κ3) is 4.95. The molecule has 7 nitrogen and oxygen atoms in total. The smallest absolute Gasteiger partial charge is 0.263 e. The Bertz CT molecular complexity index is 835. The van der Waals surface area contributed by atoms with Crippen LogP contribution in [0.3, 0.4) is 0 Å². The first-order valence-electron chi connectivity index (χ1n) is 9.20. The predicted octanol–water partition coefficient (Wildman–Crippen LogP) is 4.02. The third-order valence-electron chi connectivity index (χ3n) is 4.40. The van der Waals surface area contributed by atoms with E-state index in [9.17, 15) is 0 Å². The lowest BCUT2D eigenvalue weighted by molar-refractivity contribution is 0.180. The van der Waals surface area contributed by atoms with E-state index in [-0.39, 0.29) is 11.9 Å². The van der Waals surface area contributed by atoms with Gasteiger partial charge >= 0.3 is 0 Å². The molecule has 1 aromatic heterocycles. The number of nitrogens with zero attached hydrogens (tertiary/aromatic N) is 3. The second-order valence-electron chi connectivity index (χ2n) is 6.39. The lowest BCUT2D eigenvalue weighted by atomic mass is 10.2. The van der Waals surface area contributed by atoms with E-state index in [1.54, 1.807) is 37.7 Å². The maximum atomic E-state index is 7.83. The number of anilines is 2. The topological polar surface area (TPSA) is 83.4 Å². The number of amidine groups is 1. The van der Waals surface area contributed by atoms with Gasteiger partial charge in [-0.2, -0.15) is 0 Å². The van der Waals surface area contributed by atoms with Crippen molar-refractivity contribution in [3.63, 3.8) is 0 Å². The van der Waals surface area contributed by atoms with Crippen molar-refractivity contribution in [3.05, 3.63) is 61.5 Å². The van der Waals surface area contributed by atoms with Gasteiger partial charge in [0.2, 0.25) is 0 Å². The number of allylic oxidation sites excluding steroid dienone is 2. The van der Waals surface area contributed by atoms with Gasteiger partial charge in [-0.3, -0.25) is 5.41 Å². The minimum Gasteiger partial charge on any atom is -0.436 e. The summed E-state index contributed by atoms with van der Waals surface area (Å²) < 4.78 is 11.3. The fourth-order valence-electron chi connectivity index (χ4n) is 3.15. The summed E-state index contributed by atoms with van der Waals surface area (Å²) in [6.07, 6.45) is 10.4. The van der Waals surface area contributed by atoms with E-state index in [0.29, 0.717) is 18.2 Å². The van der Waals surface area contributed by atoms with E-state index in [0.717, 1.165) is 30.9 Å². The summed E-state index contributed by atoms with van der Waals surface area (Å²) in [5.74, 6) is 2.15. The van der Waals surface area contributed by atoms with Crippen LogP contribution in [0.5, 0.6) is 11.6 Å². The molecule has 0 bridgehead atoms. The molecule has 0 spiro atoms. The molecule has 3 rings (SSSR count). The number of hydrogen-bond donors (Lipinski definition) is 2. The summed E-state index contributed by atoms with van der Waals surface area (Å²) in [5, 5.41) is 10.8. The van der Waals surface area contributed by atoms with Crippen molar-refractivity contribution in [1.29, 1.82) is 5.41 Å². The van der Waals surface area contributed by atoms with Crippen molar-refractivity contribution in [2.24, 2.45) is 0 Å². The molecule has 0 saturated carbocycles. The molecule has 1 aliphatic rings. The highest BCUT2D eigenvalue weighted by Crippen LogP contribution is 2.33. The molecule has 1 atom stereocenters. The highest BCUT2D eigenvalue weighted by molar-refractivity contribution is 6.01. The highest BCUT2D eigenvalue weighted by Gasteiger charge is 2.28. The van der Waals surface area contributed by atoms with Crippen LogP contribution in [-0.4, -0.2) is 42.1 Å². The largest absolute Gasteiger partial charge is 0.436 e. The van der Waals surface area contributed by atoms with E-state index in [4.69, 9.17) is 14.9 Å². The molecule has 1 aliphatic heterocycles. The zero-order chi connectivity index (χ0) is 19.8. The maximum absolute atomic E-state index is 7.83. The molecular weight excluding hydrogens is 354 g/mol. The maximum Gasteiger partial charge on any atom is 0.263 e. The Hall–Kier alpha value is -3.19. The Morgan fingerprint density at radius 3 is 2.86 bits per heavy atom. The first-order chi connectivity index (χ1) is 13.7. The van der Waals surface area contributed by atoms with Crippen LogP contribution in [0.4, 0.5) is 11.5 Å². The highest BCUT2D eigenvalue weighted by atomic mass is 16.5. The van der Waals surface area contributed by atoms with Crippen molar-refractivity contribution >= 4 is 17.3 Å². The molecule has 1 fully saturated rings. The van der Waals surface area contributed by atoms with Crippen molar-refractivity contribution in [3.8, 4) is 11.6 Å². The molecule has 1 aromatic carbocycles. The number of hydrogen-bond acceptors (Lipinski definition) is 6. The van der Waals surface area contributed by atoms with E-state index < -0.39 is 0 Å². The second kappa shape index (κ2) is 9.66. The van der Waals surface area contributed by atoms with Gasteiger partial charge in [0.25, 0.3) is 5.88 Å². The summed E-state index contributed by atoms with van der Waals surface area (Å²) in [6.45, 7) is 5.16. The fraction of sp³-hybridized carbons (Fsp3) is 0.286. The Labute approximate surface area is 165 Å². The molecule has 7 heteroatoms. The Morgan fingerprint density at radius 1 is 1.32 bits per heavy atom. The molecule has 1 saturated heterocycles. The van der Waals surface area contributed by atoms with Crippen LogP contribution >= 0.6 is 0 Å². The molecule has 28 heavy (non-hydrogen) atoms. The number of rotatable bonds is 8. The van der Waals surface area contributed by atoms with Gasteiger partial charge in [-0.25, -0.2) is 9.97 Å². The molecule has 2 aromatic rings. The minimum atomic E-state index is 0.281. The predicted molar refractivity (Wildman–Crippen MR) is 111 cm³/mol. The Morgan fingerprint density at radius 2 is 2.11 bits per heavy atom. The van der Waals surface area contributed by atoms with Gasteiger partial charge in [0.15, 0.2) is 5.82 Å². The molecule has 146 valence electrons. The Kier molecular flexibility index (Phi) is 6.75. The molecular formula is C21H25N5O2. The first kappa shape index (κ1) is 19.6. The summed E-state index contributed by atoms with van der Waals surface area (Å²) in [6, 6.07) is 7.66. The van der Waals surface area contributed by atoms with Crippen LogP contribution in [0, 0.1) is 5.41 Å². The van der Waals surface area contributed by atoms with Gasteiger partial charge in [-0.05, 0) is 43.2 Å². The molecule has 0 amide bonds. The van der Waals surface area contributed by atoms with E-state index in [1.165, 1.54) is 0 Å². The summed E-state index contributed by atoms with van der Waals surface area (Å²) >= 11 is 0. The normalized spacial score (nSPS) is 16.3. The lowest BCUT2D eigenvalue weighted by Crippen LogP contribution is -2.33. The number of nitrogens with one attached hydrogen (secondary N) is 2. The summed E-state index contributed by atoms with van der Waals surface area (Å²) in [4.78, 5) is 11.1. The lowest BCUT2D eigenvalue weighted by Gasteiger charge is -2.26. The van der Waals surface area contributed by atoms with E-state index in [1.807, 2.05) is 24.3 Å². The van der Waals surface area contributed by atoms with Gasteiger partial charge in [0.05, 0.1) is 12.6 Å². The van der Waals surface area contributed by atoms with Gasteiger partial charge < -0.3 is 19.7 Å². The minimum absolute atomic E-state index is 0.281. The van der Waals surface area contributed by atoms with Gasteiger partial charge in [-0.15, -0.1) is 0 Å². The van der Waals surface area contributed by atoms with Crippen molar-refractivity contribution < 1.29 is 9.47 Å². The monoisotopic (exact) mass is 379 g/mol. The average molecular weight is 379 g/mol.